The van der Waals surface area contributed by atoms with Crippen molar-refractivity contribution in [3.63, 3.8) is 0 Å². The van der Waals surface area contributed by atoms with Crippen LogP contribution in [0, 0.1) is 0 Å². The molecule has 2 aromatic carbocycles. The van der Waals surface area contributed by atoms with Gasteiger partial charge in [0.2, 0.25) is 0 Å². The maximum Gasteiger partial charge on any atom is 0.196 e. The minimum atomic E-state index is -0.437. The van der Waals surface area contributed by atoms with Gasteiger partial charge in [-0.05, 0) is 24.3 Å². The van der Waals surface area contributed by atoms with Crippen LogP contribution in [-0.2, 0) is 0 Å². The van der Waals surface area contributed by atoms with Gasteiger partial charge in [-0.15, -0.1) is 0 Å². The third-order valence-electron chi connectivity index (χ3n) is 2.52. The van der Waals surface area contributed by atoms with Gasteiger partial charge in [0, 0.05) is 16.3 Å². The van der Waals surface area contributed by atoms with E-state index in [1.54, 1.807) is 0 Å². The van der Waals surface area contributed by atoms with Crippen molar-refractivity contribution in [1.82, 2.24) is 0 Å². The van der Waals surface area contributed by atoms with E-state index < -0.39 is 5.78 Å². The van der Waals surface area contributed by atoms with E-state index in [0.717, 1.165) is 0 Å². The second-order valence-corrected chi connectivity index (χ2v) is 5.95. The first-order valence-corrected chi connectivity index (χ1v) is 7.14. The van der Waals surface area contributed by atoms with Crippen molar-refractivity contribution in [2.45, 2.75) is 0 Å². The molecule has 0 atom stereocenters. The number of anilines is 1. The molecule has 0 radical (unpaired) electrons. The number of rotatable bonds is 2. The molecule has 0 amide bonds. The summed E-state index contributed by atoms with van der Waals surface area (Å²) >= 11 is 29.7. The number of nitrogens with two attached hydrogens (primary N) is 1. The van der Waals surface area contributed by atoms with Gasteiger partial charge in [-0.1, -0.05) is 58.0 Å². The van der Waals surface area contributed by atoms with E-state index in [-0.39, 0.29) is 31.2 Å². The highest BCUT2D eigenvalue weighted by atomic mass is 35.5. The largest absolute Gasteiger partial charge is 0.399 e. The number of ketones is 1. The molecule has 0 unspecified atom stereocenters. The predicted octanol–water partition coefficient (Wildman–Crippen LogP) is 5.77. The highest BCUT2D eigenvalue weighted by Gasteiger charge is 2.21. The van der Waals surface area contributed by atoms with E-state index in [1.165, 1.54) is 24.3 Å². The Balaban J connectivity index is 2.62. The summed E-state index contributed by atoms with van der Waals surface area (Å²) in [5.41, 5.74) is 6.33. The monoisotopic (exact) mass is 367 g/mol. The number of benzene rings is 2. The summed E-state index contributed by atoms with van der Waals surface area (Å²) in [5, 5.41) is 0.668. The number of carbonyl (C=O) groups is 1. The average molecular weight is 369 g/mol. The van der Waals surface area contributed by atoms with E-state index in [9.17, 15) is 4.79 Å². The van der Waals surface area contributed by atoms with Gasteiger partial charge in [-0.25, -0.2) is 0 Å². The van der Waals surface area contributed by atoms with Gasteiger partial charge in [0.15, 0.2) is 5.78 Å². The van der Waals surface area contributed by atoms with Gasteiger partial charge in [0.25, 0.3) is 0 Å². The molecule has 0 aliphatic rings. The number of halogens is 5. The summed E-state index contributed by atoms with van der Waals surface area (Å²) in [4.78, 5) is 12.5. The third kappa shape index (κ3) is 3.00. The topological polar surface area (TPSA) is 43.1 Å². The molecule has 20 heavy (non-hydrogen) atoms. The maximum atomic E-state index is 12.5. The standard InChI is InChI=1S/C13H6Cl5NO/c14-6-1-5(2-7(19)3-6)13(20)10-8(15)4-9(16)11(17)12(10)18/h1-4H,19H2. The lowest BCUT2D eigenvalue weighted by Gasteiger charge is -2.10. The summed E-state index contributed by atoms with van der Waals surface area (Å²) in [5.74, 6) is -0.437. The molecule has 2 nitrogen and oxygen atoms in total. The van der Waals surface area contributed by atoms with E-state index >= 15 is 0 Å². The fourth-order valence-electron chi connectivity index (χ4n) is 1.66. The molecule has 0 aromatic heterocycles. The molecule has 104 valence electrons. The van der Waals surface area contributed by atoms with Crippen molar-refractivity contribution in [2.24, 2.45) is 0 Å². The van der Waals surface area contributed by atoms with Crippen LogP contribution in [0.15, 0.2) is 24.3 Å². The first-order chi connectivity index (χ1) is 9.31. The van der Waals surface area contributed by atoms with E-state index in [2.05, 4.69) is 0 Å². The second kappa shape index (κ2) is 6.00. The Labute approximate surface area is 140 Å². The fourth-order valence-corrected chi connectivity index (χ4v) is 2.99. The average Bonchev–Trinajstić information content (AvgIpc) is 2.34. The zero-order valence-electron chi connectivity index (χ0n) is 9.68. The molecular formula is C13H6Cl5NO. The highest BCUT2D eigenvalue weighted by Crippen LogP contribution is 2.38. The van der Waals surface area contributed by atoms with Crippen molar-refractivity contribution >= 4 is 69.5 Å². The smallest absolute Gasteiger partial charge is 0.196 e. The lowest BCUT2D eigenvalue weighted by Crippen LogP contribution is -2.05. The molecule has 0 aliphatic carbocycles. The van der Waals surface area contributed by atoms with Crippen LogP contribution >= 0.6 is 58.0 Å². The molecule has 0 aliphatic heterocycles. The maximum absolute atomic E-state index is 12.5. The molecule has 0 saturated carbocycles. The lowest BCUT2D eigenvalue weighted by atomic mass is 10.0. The first kappa shape index (κ1) is 15.7. The van der Waals surface area contributed by atoms with E-state index in [4.69, 9.17) is 63.7 Å². The second-order valence-electron chi connectivity index (χ2n) is 3.95. The minimum absolute atomic E-state index is 0.00675. The van der Waals surface area contributed by atoms with Crippen LogP contribution in [0.25, 0.3) is 0 Å². The van der Waals surface area contributed by atoms with Gasteiger partial charge >= 0.3 is 0 Å². The molecule has 7 heteroatoms. The summed E-state index contributed by atoms with van der Waals surface area (Å²) in [6, 6.07) is 5.83. The number of nitrogen functional groups attached to an aromatic ring is 1. The molecule has 0 bridgehead atoms. The van der Waals surface area contributed by atoms with Gasteiger partial charge in [0.05, 0.1) is 25.7 Å². The van der Waals surface area contributed by atoms with Crippen molar-refractivity contribution in [3.8, 4) is 0 Å². The highest BCUT2D eigenvalue weighted by molar-refractivity contribution is 6.51. The van der Waals surface area contributed by atoms with Crippen molar-refractivity contribution in [3.05, 3.63) is 60.5 Å². The van der Waals surface area contributed by atoms with Crippen molar-refractivity contribution in [2.75, 3.05) is 5.73 Å². The Morgan fingerprint density at radius 3 is 2.10 bits per heavy atom. The van der Waals surface area contributed by atoms with Gasteiger partial charge < -0.3 is 5.73 Å². The van der Waals surface area contributed by atoms with E-state index in [0.29, 0.717) is 10.7 Å². The van der Waals surface area contributed by atoms with Crippen LogP contribution in [-0.4, -0.2) is 5.78 Å². The Morgan fingerprint density at radius 1 is 0.850 bits per heavy atom. The molecular weight excluding hydrogens is 363 g/mol. The molecule has 0 fully saturated rings. The molecule has 0 spiro atoms. The number of hydrogen-bond donors (Lipinski definition) is 1. The molecule has 2 N–H and O–H groups in total. The first-order valence-electron chi connectivity index (χ1n) is 5.25. The van der Waals surface area contributed by atoms with Crippen molar-refractivity contribution in [1.29, 1.82) is 0 Å². The van der Waals surface area contributed by atoms with Crippen LogP contribution in [0.5, 0.6) is 0 Å². The summed E-state index contributed by atoms with van der Waals surface area (Å²) in [7, 11) is 0. The Bertz CT molecular complexity index is 694. The summed E-state index contributed by atoms with van der Waals surface area (Å²) < 4.78 is 0. The zero-order valence-corrected chi connectivity index (χ0v) is 13.5. The number of hydrogen-bond acceptors (Lipinski definition) is 2. The van der Waals surface area contributed by atoms with Crippen LogP contribution in [0.2, 0.25) is 25.1 Å². The normalized spacial score (nSPS) is 10.7. The number of carbonyl (C=O) groups excluding carboxylic acids is 1. The Kier molecular flexibility index (Phi) is 4.73. The Morgan fingerprint density at radius 2 is 1.50 bits per heavy atom. The summed E-state index contributed by atoms with van der Waals surface area (Å²) in [6.45, 7) is 0. The van der Waals surface area contributed by atoms with Crippen LogP contribution < -0.4 is 5.73 Å². The van der Waals surface area contributed by atoms with Crippen LogP contribution in [0.4, 0.5) is 5.69 Å². The predicted molar refractivity (Wildman–Crippen MR) is 85.8 cm³/mol. The van der Waals surface area contributed by atoms with Gasteiger partial charge in [0.1, 0.15) is 0 Å². The van der Waals surface area contributed by atoms with Crippen molar-refractivity contribution < 1.29 is 4.79 Å². The quantitative estimate of drug-likeness (QED) is 0.316. The van der Waals surface area contributed by atoms with E-state index in [1.807, 2.05) is 0 Å². The fraction of sp³-hybridized carbons (Fsp3) is 0. The molecule has 0 saturated heterocycles. The van der Waals surface area contributed by atoms with Gasteiger partial charge in [-0.3, -0.25) is 4.79 Å². The third-order valence-corrected chi connectivity index (χ3v) is 4.30. The van der Waals surface area contributed by atoms with Crippen LogP contribution in [0.1, 0.15) is 15.9 Å². The lowest BCUT2D eigenvalue weighted by molar-refractivity contribution is 0.103. The molecule has 0 heterocycles. The molecule has 2 rings (SSSR count). The zero-order chi connectivity index (χ0) is 15.0. The van der Waals surface area contributed by atoms with Gasteiger partial charge in [-0.2, -0.15) is 0 Å². The SMILES string of the molecule is Nc1cc(Cl)cc(C(=O)c2c(Cl)cc(Cl)c(Cl)c2Cl)c1. The Hall–Kier alpha value is -0.640. The minimum Gasteiger partial charge on any atom is -0.399 e. The summed E-state index contributed by atoms with van der Waals surface area (Å²) in [6.07, 6.45) is 0. The van der Waals surface area contributed by atoms with Crippen LogP contribution in [0.3, 0.4) is 0 Å². The molecule has 2 aromatic rings.